The van der Waals surface area contributed by atoms with Gasteiger partial charge in [0.05, 0.1) is 12.6 Å². The SMILES string of the molecule is CCC1=C([C@H]2C=C(Cc3ccc[nH]3)[C@]3(Oc4cc5oc(-c6cc(O)c(O)c(CCO)c6)cc(=O)c5c(O)c42)O[C@@]2(CC#C[C@]4(C(=O)O)O[C@](CCCO)(OC2=O)[C@H](O)[C@@H](O)C4(O)O)[C@@H](O)[C@H](O)[C@H]3O)C=C2C(N1)N[C@H]1CCC[C@@H]2C1. The van der Waals surface area contributed by atoms with Gasteiger partial charge in [0, 0.05) is 90.0 Å². The second kappa shape index (κ2) is 20.0. The van der Waals surface area contributed by atoms with Crippen molar-refractivity contribution in [1.82, 2.24) is 15.6 Å². The number of aliphatic hydroxyl groups is 9. The molecule has 2 spiro atoms. The minimum absolute atomic E-state index is 0.0534. The molecule has 7 aliphatic rings. The summed E-state index contributed by atoms with van der Waals surface area (Å²) < 4.78 is 31.7. The molecule has 1 aliphatic carbocycles. The zero-order valence-electron chi connectivity index (χ0n) is 43.0. The molecular weight excluding hydrogens is 1050 g/mol. The summed E-state index contributed by atoms with van der Waals surface area (Å²) in [5, 5.41) is 154. The number of dihydropyridines is 1. The lowest BCUT2D eigenvalue weighted by Gasteiger charge is -2.55. The number of ether oxygens (including phenoxy) is 4. The van der Waals surface area contributed by atoms with Gasteiger partial charge in [-0.3, -0.25) is 10.1 Å². The number of benzene rings is 2. The number of esters is 1. The van der Waals surface area contributed by atoms with E-state index in [1.54, 1.807) is 24.4 Å². The number of aromatic amines is 1. The number of carboxylic acids is 1. The predicted molar refractivity (Wildman–Crippen MR) is 274 cm³/mol. The Bertz CT molecular complexity index is 3400. The summed E-state index contributed by atoms with van der Waals surface area (Å²) in [6.45, 7) is 0.746. The first kappa shape index (κ1) is 55.1. The van der Waals surface area contributed by atoms with Crippen molar-refractivity contribution in [2.45, 2.75) is 148 Å². The maximum absolute atomic E-state index is 15.4. The topological polar surface area (TPSA) is 404 Å². The molecule has 8 heterocycles. The van der Waals surface area contributed by atoms with E-state index < -0.39 is 138 Å². The zero-order valence-corrected chi connectivity index (χ0v) is 43.0. The van der Waals surface area contributed by atoms with Crippen LogP contribution in [0.3, 0.4) is 0 Å². The highest BCUT2D eigenvalue weighted by molar-refractivity contribution is 5.90. The number of hydrogen-bond donors (Lipinski definition) is 16. The van der Waals surface area contributed by atoms with Crippen molar-refractivity contribution in [3.63, 3.8) is 0 Å². The second-order valence-electron chi connectivity index (χ2n) is 21.6. The molecule has 4 aromatic rings. The number of carbonyl (C=O) groups is 2. The second-order valence-corrected chi connectivity index (χ2v) is 21.6. The van der Waals surface area contributed by atoms with Crippen LogP contribution < -0.4 is 20.8 Å². The lowest BCUT2D eigenvalue weighted by Crippen LogP contribution is -2.79. The highest BCUT2D eigenvalue weighted by Gasteiger charge is 2.75. The van der Waals surface area contributed by atoms with Crippen LogP contribution >= 0.6 is 0 Å². The molecule has 11 rings (SSSR count). The Balaban J connectivity index is 1.18. The van der Waals surface area contributed by atoms with Crippen LogP contribution in [-0.4, -0.2) is 168 Å². The van der Waals surface area contributed by atoms with E-state index in [2.05, 4.69) is 21.5 Å². The number of H-pyrrole nitrogens is 1. The number of hydrogen-bond acceptors (Lipinski definition) is 22. The molecule has 3 saturated heterocycles. The molecular formula is C56H61N3O21. The van der Waals surface area contributed by atoms with Crippen LogP contribution in [0.5, 0.6) is 23.0 Å². The molecule has 24 nitrogen and oxygen atoms in total. The van der Waals surface area contributed by atoms with Crippen molar-refractivity contribution in [3.05, 3.63) is 104 Å². The average Bonchev–Trinajstić information content (AvgIpc) is 3.95. The maximum atomic E-state index is 15.4. The standard InChI is InChI=1S/C56H61N3O21/c1-2-34-32(22-31-25-7-3-8-30(18-25)58-49(31)59-34)33-21-28(20-29-9-4-14-57-29)55(77-39-24-38-41(43(65)40(33)39)35(62)23-37(76-38)27-17-26(10-16-61)42(64)36(63)19-27)46(68)44(66)45(67)52(79-55)11-5-12-53(50(71)72)56(74,75)48(70)47(69)54(80-53,13-6-15-60)78-51(52)73/h4,9,14,17,19,21-25,30,33,44-49,57-61,63-70,74-75H,2-3,6-8,10-11,13,15-16,18,20H2,1H3,(H,71,72)/t25-,30+,33-,44+,45+,46-,47-,48-,49?,52+,53-,54+,55+/m1/s1. The molecule has 1 unspecified atom stereocenters. The molecule has 4 bridgehead atoms. The fourth-order valence-electron chi connectivity index (χ4n) is 12.8. The van der Waals surface area contributed by atoms with Gasteiger partial charge in [-0.15, -0.1) is 0 Å². The van der Waals surface area contributed by atoms with Gasteiger partial charge in [0.25, 0.3) is 11.4 Å². The number of piperidine rings is 1. The van der Waals surface area contributed by atoms with Crippen LogP contribution in [0, 0.1) is 17.8 Å². The minimum Gasteiger partial charge on any atom is -0.507 e. The van der Waals surface area contributed by atoms with Crippen molar-refractivity contribution in [3.8, 4) is 46.2 Å². The number of fused-ring (bicyclic) bond motifs is 8. The molecule has 4 fully saturated rings. The summed E-state index contributed by atoms with van der Waals surface area (Å²) in [7, 11) is 0. The third-order valence-electron chi connectivity index (χ3n) is 16.9. The maximum Gasteiger partial charge on any atom is 0.354 e. The third kappa shape index (κ3) is 8.32. The first-order valence-corrected chi connectivity index (χ1v) is 26.4. The van der Waals surface area contributed by atoms with Gasteiger partial charge in [-0.05, 0) is 85.8 Å². The fraction of sp³-hybridized carbons (Fsp3) is 0.482. The quantitative estimate of drug-likeness (QED) is 0.0309. The number of allylic oxidation sites excluding steroid dienone is 4. The molecule has 6 aliphatic heterocycles. The first-order valence-electron chi connectivity index (χ1n) is 26.4. The summed E-state index contributed by atoms with van der Waals surface area (Å²) >= 11 is 0. The van der Waals surface area contributed by atoms with Gasteiger partial charge in [0.2, 0.25) is 17.2 Å². The summed E-state index contributed by atoms with van der Waals surface area (Å²) in [6.07, 6.45) is -7.36. The lowest BCUT2D eigenvalue weighted by atomic mass is 9.73. The van der Waals surface area contributed by atoms with Crippen molar-refractivity contribution < 1.29 is 99.3 Å². The molecule has 426 valence electrons. The van der Waals surface area contributed by atoms with Crippen LogP contribution in [0.4, 0.5) is 0 Å². The molecule has 80 heavy (non-hydrogen) atoms. The summed E-state index contributed by atoms with van der Waals surface area (Å²) in [5.41, 5.74) is -5.49. The molecule has 0 radical (unpaired) electrons. The van der Waals surface area contributed by atoms with Crippen molar-refractivity contribution in [2.75, 3.05) is 13.2 Å². The van der Waals surface area contributed by atoms with E-state index in [9.17, 15) is 76.0 Å². The fourth-order valence-corrected chi connectivity index (χ4v) is 12.8. The van der Waals surface area contributed by atoms with Gasteiger partial charge >= 0.3 is 11.9 Å². The number of aliphatic carboxylic acids is 1. The van der Waals surface area contributed by atoms with Crippen molar-refractivity contribution >= 4 is 22.9 Å². The number of phenols is 3. The third-order valence-corrected chi connectivity index (χ3v) is 16.9. The number of carbonyl (C=O) groups excluding carboxylic acids is 1. The van der Waals surface area contributed by atoms with Crippen LogP contribution in [0.1, 0.15) is 81.0 Å². The van der Waals surface area contributed by atoms with E-state index in [0.717, 1.165) is 43.4 Å². The lowest BCUT2D eigenvalue weighted by molar-refractivity contribution is -0.430. The van der Waals surface area contributed by atoms with Crippen LogP contribution in [0.2, 0.25) is 0 Å². The van der Waals surface area contributed by atoms with Crippen molar-refractivity contribution in [2.24, 2.45) is 5.92 Å². The molecule has 2 aromatic carbocycles. The highest BCUT2D eigenvalue weighted by atomic mass is 16.8. The highest BCUT2D eigenvalue weighted by Crippen LogP contribution is 2.56. The molecule has 24 heteroatoms. The van der Waals surface area contributed by atoms with E-state index in [4.69, 9.17) is 23.4 Å². The smallest absolute Gasteiger partial charge is 0.354 e. The number of aliphatic hydroxyl groups excluding tert-OH is 7. The van der Waals surface area contributed by atoms with Crippen LogP contribution in [0.15, 0.2) is 86.4 Å². The van der Waals surface area contributed by atoms with Gasteiger partial charge in [-0.25, -0.2) is 9.59 Å². The Kier molecular flexibility index (Phi) is 13.8. The number of carboxylic acid groups (broad SMARTS) is 1. The van der Waals surface area contributed by atoms with Gasteiger partial charge < -0.3 is 100 Å². The monoisotopic (exact) mass is 1110 g/mol. The van der Waals surface area contributed by atoms with E-state index in [-0.39, 0.29) is 70.0 Å². The molecule has 0 amide bonds. The Labute approximate surface area is 454 Å². The van der Waals surface area contributed by atoms with E-state index in [1.807, 2.05) is 18.9 Å². The molecule has 1 saturated carbocycles. The average molecular weight is 1110 g/mol. The predicted octanol–water partition coefficient (Wildman–Crippen LogP) is -0.01000. The van der Waals surface area contributed by atoms with Gasteiger partial charge in [-0.2, -0.15) is 0 Å². The number of phenolic OH excluding ortho intramolecular Hbond substituents is 3. The Morgan fingerprint density at radius 1 is 0.912 bits per heavy atom. The van der Waals surface area contributed by atoms with Crippen LogP contribution in [0.25, 0.3) is 22.3 Å². The Hall–Kier alpha value is -6.83. The summed E-state index contributed by atoms with van der Waals surface area (Å²) in [5.74, 6) is -13.3. The largest absolute Gasteiger partial charge is 0.507 e. The van der Waals surface area contributed by atoms with Crippen molar-refractivity contribution in [1.29, 1.82) is 0 Å². The Morgan fingerprint density at radius 3 is 2.41 bits per heavy atom. The first-order chi connectivity index (χ1) is 38.1. The Morgan fingerprint density at radius 2 is 1.70 bits per heavy atom. The van der Waals surface area contributed by atoms with E-state index >= 15 is 4.79 Å². The summed E-state index contributed by atoms with van der Waals surface area (Å²) in [4.78, 5) is 46.3. The minimum atomic E-state index is -3.96. The summed E-state index contributed by atoms with van der Waals surface area (Å²) in [6, 6.07) is 8.26. The van der Waals surface area contributed by atoms with Crippen LogP contribution in [-0.2, 0) is 36.6 Å². The normalized spacial score (nSPS) is 34.2. The number of rotatable bonds is 11. The van der Waals surface area contributed by atoms with Gasteiger partial charge in [0.1, 0.15) is 46.5 Å². The molecule has 13 atom stereocenters. The zero-order chi connectivity index (χ0) is 57.0. The van der Waals surface area contributed by atoms with Gasteiger partial charge in [0.15, 0.2) is 29.1 Å². The van der Waals surface area contributed by atoms with E-state index in [1.165, 1.54) is 12.1 Å². The molecule has 16 N–H and O–H groups in total. The molecule has 2 aromatic heterocycles. The van der Waals surface area contributed by atoms with E-state index in [0.29, 0.717) is 23.4 Å². The number of nitrogens with one attached hydrogen (secondary N) is 3. The number of aromatic nitrogens is 1. The number of aromatic hydroxyl groups is 3. The van der Waals surface area contributed by atoms with Gasteiger partial charge in [-0.1, -0.05) is 31.4 Å².